The van der Waals surface area contributed by atoms with E-state index >= 15 is 0 Å². The maximum absolute atomic E-state index is 11.9. The van der Waals surface area contributed by atoms with Gasteiger partial charge in [-0.15, -0.1) is 0 Å². The lowest BCUT2D eigenvalue weighted by atomic mass is 9.96. The van der Waals surface area contributed by atoms with E-state index in [2.05, 4.69) is 10.2 Å². The van der Waals surface area contributed by atoms with Crippen LogP contribution < -0.4 is 5.32 Å². The molecule has 1 amide bonds. The van der Waals surface area contributed by atoms with Crippen LogP contribution >= 0.6 is 0 Å². The molecule has 0 bridgehead atoms. The maximum atomic E-state index is 11.9. The van der Waals surface area contributed by atoms with Gasteiger partial charge in [0, 0.05) is 19.6 Å². The molecule has 0 aromatic heterocycles. The van der Waals surface area contributed by atoms with Gasteiger partial charge in [0.15, 0.2) is 0 Å². The Balaban J connectivity index is 1.88. The van der Waals surface area contributed by atoms with Gasteiger partial charge < -0.3 is 10.4 Å². The highest BCUT2D eigenvalue weighted by Gasteiger charge is 2.26. The summed E-state index contributed by atoms with van der Waals surface area (Å²) in [5.41, 5.74) is 0.938. The van der Waals surface area contributed by atoms with Gasteiger partial charge in [-0.3, -0.25) is 9.69 Å². The van der Waals surface area contributed by atoms with Gasteiger partial charge in [-0.1, -0.05) is 30.3 Å². The lowest BCUT2D eigenvalue weighted by molar-refractivity contribution is -0.126. The molecule has 1 aromatic rings. The van der Waals surface area contributed by atoms with Crippen LogP contribution in [0.5, 0.6) is 0 Å². The number of β-amino-alcohol motifs (C(OH)–C–C–N with tert-alkyl or cyclic N) is 1. The van der Waals surface area contributed by atoms with Crippen LogP contribution in [0.3, 0.4) is 0 Å². The second kappa shape index (κ2) is 7.41. The number of benzene rings is 1. The molecule has 4 nitrogen and oxygen atoms in total. The smallest absolute Gasteiger partial charge is 0.224 e. The third-order valence-electron chi connectivity index (χ3n) is 3.84. The fourth-order valence-corrected chi connectivity index (χ4v) is 2.78. The molecule has 2 atom stereocenters. The van der Waals surface area contributed by atoms with Gasteiger partial charge in [-0.05, 0) is 31.9 Å². The zero-order chi connectivity index (χ0) is 14.4. The van der Waals surface area contributed by atoms with E-state index in [1.165, 1.54) is 0 Å². The van der Waals surface area contributed by atoms with Gasteiger partial charge in [0.05, 0.1) is 12.0 Å². The molecule has 2 unspecified atom stereocenters. The summed E-state index contributed by atoms with van der Waals surface area (Å²) < 4.78 is 0. The van der Waals surface area contributed by atoms with Crippen molar-refractivity contribution in [2.75, 3.05) is 26.2 Å². The van der Waals surface area contributed by atoms with Crippen molar-refractivity contribution in [2.24, 2.45) is 5.92 Å². The van der Waals surface area contributed by atoms with Gasteiger partial charge in [-0.25, -0.2) is 0 Å². The van der Waals surface area contributed by atoms with Crippen molar-refractivity contribution in [2.45, 2.75) is 25.9 Å². The minimum absolute atomic E-state index is 0.0617. The number of piperidine rings is 1. The van der Waals surface area contributed by atoms with Gasteiger partial charge in [0.1, 0.15) is 0 Å². The highest BCUT2D eigenvalue weighted by Crippen LogP contribution is 2.20. The van der Waals surface area contributed by atoms with E-state index < -0.39 is 6.10 Å². The highest BCUT2D eigenvalue weighted by molar-refractivity contribution is 5.78. The van der Waals surface area contributed by atoms with Crippen LogP contribution in [0.1, 0.15) is 31.4 Å². The fraction of sp³-hybridized carbons (Fsp3) is 0.562. The van der Waals surface area contributed by atoms with E-state index in [0.29, 0.717) is 13.1 Å². The number of hydrogen-bond donors (Lipinski definition) is 2. The summed E-state index contributed by atoms with van der Waals surface area (Å²) in [4.78, 5) is 14.1. The summed E-state index contributed by atoms with van der Waals surface area (Å²) in [6, 6.07) is 9.70. The molecule has 1 aliphatic rings. The van der Waals surface area contributed by atoms with Gasteiger partial charge in [-0.2, -0.15) is 0 Å². The van der Waals surface area contributed by atoms with Crippen molar-refractivity contribution in [3.05, 3.63) is 35.9 Å². The lowest BCUT2D eigenvalue weighted by Gasteiger charge is -2.33. The molecule has 0 spiro atoms. The van der Waals surface area contributed by atoms with Gasteiger partial charge in [0.2, 0.25) is 5.91 Å². The second-order valence-corrected chi connectivity index (χ2v) is 5.42. The third-order valence-corrected chi connectivity index (χ3v) is 3.84. The van der Waals surface area contributed by atoms with Crippen LogP contribution in [0.2, 0.25) is 0 Å². The molecule has 20 heavy (non-hydrogen) atoms. The first-order valence-corrected chi connectivity index (χ1v) is 7.43. The average molecular weight is 276 g/mol. The molecule has 0 saturated carbocycles. The Kier molecular flexibility index (Phi) is 5.56. The Morgan fingerprint density at radius 1 is 1.45 bits per heavy atom. The molecule has 1 saturated heterocycles. The number of aliphatic hydroxyl groups is 1. The van der Waals surface area contributed by atoms with Crippen molar-refractivity contribution >= 4 is 5.91 Å². The highest BCUT2D eigenvalue weighted by atomic mass is 16.3. The van der Waals surface area contributed by atoms with Crippen molar-refractivity contribution in [1.29, 1.82) is 0 Å². The van der Waals surface area contributed by atoms with Crippen molar-refractivity contribution in [3.63, 3.8) is 0 Å². The molecule has 1 fully saturated rings. The molecule has 2 rings (SSSR count). The van der Waals surface area contributed by atoms with E-state index in [0.717, 1.165) is 31.5 Å². The Labute approximate surface area is 120 Å². The Hall–Kier alpha value is -1.39. The van der Waals surface area contributed by atoms with E-state index in [4.69, 9.17) is 0 Å². The number of hydrogen-bond acceptors (Lipinski definition) is 3. The van der Waals surface area contributed by atoms with Crippen LogP contribution in [0.15, 0.2) is 30.3 Å². The number of rotatable bonds is 5. The zero-order valence-electron chi connectivity index (χ0n) is 12.1. The molecule has 4 heteroatoms. The van der Waals surface area contributed by atoms with Crippen LogP contribution in [-0.4, -0.2) is 42.1 Å². The normalized spacial score (nSPS) is 21.4. The molecule has 1 aliphatic heterocycles. The summed E-state index contributed by atoms with van der Waals surface area (Å²) in [5, 5.41) is 13.2. The van der Waals surface area contributed by atoms with Crippen molar-refractivity contribution in [3.8, 4) is 0 Å². The summed E-state index contributed by atoms with van der Waals surface area (Å²) in [6.45, 7) is 4.93. The van der Waals surface area contributed by atoms with Crippen LogP contribution in [0, 0.1) is 5.92 Å². The van der Waals surface area contributed by atoms with Crippen molar-refractivity contribution < 1.29 is 9.90 Å². The van der Waals surface area contributed by atoms with Crippen LogP contribution in [0.4, 0.5) is 0 Å². The average Bonchev–Trinajstić information content (AvgIpc) is 2.48. The largest absolute Gasteiger partial charge is 0.387 e. The number of amides is 1. The van der Waals surface area contributed by atoms with Crippen LogP contribution in [0.25, 0.3) is 0 Å². The quantitative estimate of drug-likeness (QED) is 0.858. The van der Waals surface area contributed by atoms with E-state index in [-0.39, 0.29) is 11.8 Å². The van der Waals surface area contributed by atoms with Gasteiger partial charge in [0.25, 0.3) is 0 Å². The molecular weight excluding hydrogens is 252 g/mol. The summed E-state index contributed by atoms with van der Waals surface area (Å²) in [7, 11) is 0. The summed E-state index contributed by atoms with van der Waals surface area (Å²) in [5.74, 6) is 0.207. The first-order chi connectivity index (χ1) is 9.70. The molecule has 2 N–H and O–H groups in total. The number of carbonyl (C=O) groups is 1. The lowest BCUT2D eigenvalue weighted by Crippen LogP contribution is -2.44. The molecular formula is C16H24N2O2. The Bertz CT molecular complexity index is 422. The molecule has 110 valence electrons. The van der Waals surface area contributed by atoms with Gasteiger partial charge >= 0.3 is 0 Å². The number of aliphatic hydroxyl groups excluding tert-OH is 1. The molecule has 1 aromatic carbocycles. The fourth-order valence-electron chi connectivity index (χ4n) is 2.78. The minimum atomic E-state index is -0.482. The SMILES string of the molecule is CCNC(=O)C1CCCN(CC(O)c2ccccc2)C1. The topological polar surface area (TPSA) is 52.6 Å². The van der Waals surface area contributed by atoms with Crippen LogP contribution in [-0.2, 0) is 4.79 Å². The number of nitrogens with zero attached hydrogens (tertiary/aromatic N) is 1. The predicted molar refractivity (Wildman–Crippen MR) is 79.2 cm³/mol. The third kappa shape index (κ3) is 4.05. The monoisotopic (exact) mass is 276 g/mol. The number of carbonyl (C=O) groups excluding carboxylic acids is 1. The van der Waals surface area contributed by atoms with E-state index in [1.54, 1.807) is 0 Å². The summed E-state index contributed by atoms with van der Waals surface area (Å²) in [6.07, 6.45) is 1.48. The molecule has 0 aliphatic carbocycles. The molecule has 1 heterocycles. The molecule has 0 radical (unpaired) electrons. The van der Waals surface area contributed by atoms with E-state index in [9.17, 15) is 9.90 Å². The number of nitrogens with one attached hydrogen (secondary N) is 1. The second-order valence-electron chi connectivity index (χ2n) is 5.42. The van der Waals surface area contributed by atoms with Crippen molar-refractivity contribution in [1.82, 2.24) is 10.2 Å². The predicted octanol–water partition coefficient (Wildman–Crippen LogP) is 1.57. The standard InChI is InChI=1S/C16H24N2O2/c1-2-17-16(20)14-9-6-10-18(11-14)12-15(19)13-7-4-3-5-8-13/h3-5,7-8,14-15,19H,2,6,9-12H2,1H3,(H,17,20). The number of likely N-dealkylation sites (tertiary alicyclic amines) is 1. The minimum Gasteiger partial charge on any atom is -0.387 e. The zero-order valence-corrected chi connectivity index (χ0v) is 12.1. The first kappa shape index (κ1) is 15.0. The van der Waals surface area contributed by atoms with E-state index in [1.807, 2.05) is 37.3 Å². The Morgan fingerprint density at radius 3 is 2.90 bits per heavy atom. The maximum Gasteiger partial charge on any atom is 0.224 e. The Morgan fingerprint density at radius 2 is 2.20 bits per heavy atom. The first-order valence-electron chi connectivity index (χ1n) is 7.43. The summed E-state index contributed by atoms with van der Waals surface area (Å²) >= 11 is 0.